The zero-order valence-electron chi connectivity index (χ0n) is 7.73. The number of nitrogens with two attached hydrogens (primary N) is 1. The first-order valence-electron chi connectivity index (χ1n) is 4.19. The smallest absolute Gasteiger partial charge is 0.157 e. The Morgan fingerprint density at radius 2 is 2.36 bits per heavy atom. The molecule has 0 radical (unpaired) electrons. The predicted octanol–water partition coefficient (Wildman–Crippen LogP) is 2.80. The number of aromatic nitrogens is 1. The average molecular weight is 206 g/mol. The molecule has 0 amide bonds. The topological polar surface area (TPSA) is 52.0 Å². The Labute approximate surface area is 85.8 Å². The SMILES string of the molecule is Cc1onc(C=Cc2ccsc2)c1N. The summed E-state index contributed by atoms with van der Waals surface area (Å²) in [6, 6.07) is 2.03. The van der Waals surface area contributed by atoms with Crippen molar-refractivity contribution in [3.63, 3.8) is 0 Å². The van der Waals surface area contributed by atoms with Crippen molar-refractivity contribution in [1.29, 1.82) is 0 Å². The molecule has 0 saturated heterocycles. The molecule has 0 fully saturated rings. The van der Waals surface area contributed by atoms with Crippen LogP contribution in [0.25, 0.3) is 12.2 Å². The second kappa shape index (κ2) is 3.67. The molecule has 2 heterocycles. The van der Waals surface area contributed by atoms with Crippen molar-refractivity contribution in [3.8, 4) is 0 Å². The molecular formula is C10H10N2OS. The van der Waals surface area contributed by atoms with E-state index in [0.717, 1.165) is 5.56 Å². The van der Waals surface area contributed by atoms with Gasteiger partial charge in [0.2, 0.25) is 0 Å². The van der Waals surface area contributed by atoms with Crippen LogP contribution in [0.2, 0.25) is 0 Å². The standard InChI is InChI=1S/C10H10N2OS/c1-7-10(11)9(12-13-7)3-2-8-4-5-14-6-8/h2-6H,11H2,1H3. The Morgan fingerprint density at radius 3 is 2.93 bits per heavy atom. The van der Waals surface area contributed by atoms with E-state index in [1.807, 2.05) is 23.6 Å². The molecule has 3 nitrogen and oxygen atoms in total. The van der Waals surface area contributed by atoms with E-state index < -0.39 is 0 Å². The minimum atomic E-state index is 0.608. The number of hydrogen-bond acceptors (Lipinski definition) is 4. The molecule has 0 aromatic carbocycles. The van der Waals surface area contributed by atoms with Crippen LogP contribution in [0.15, 0.2) is 21.3 Å². The van der Waals surface area contributed by atoms with Crippen LogP contribution in [0.1, 0.15) is 17.0 Å². The normalized spacial score (nSPS) is 11.2. The van der Waals surface area contributed by atoms with Crippen LogP contribution in [0.5, 0.6) is 0 Å². The van der Waals surface area contributed by atoms with Gasteiger partial charge in [0.15, 0.2) is 5.76 Å². The predicted molar refractivity (Wildman–Crippen MR) is 58.9 cm³/mol. The summed E-state index contributed by atoms with van der Waals surface area (Å²) in [5.41, 5.74) is 8.18. The summed E-state index contributed by atoms with van der Waals surface area (Å²) in [6.45, 7) is 1.80. The van der Waals surface area contributed by atoms with Crippen molar-refractivity contribution < 1.29 is 4.52 Å². The summed E-state index contributed by atoms with van der Waals surface area (Å²) in [5, 5.41) is 7.91. The van der Waals surface area contributed by atoms with Gasteiger partial charge in [0.05, 0.1) is 0 Å². The summed E-state index contributed by atoms with van der Waals surface area (Å²) in [6.07, 6.45) is 3.82. The molecule has 4 heteroatoms. The molecule has 0 aliphatic heterocycles. The summed E-state index contributed by atoms with van der Waals surface area (Å²) in [5.74, 6) is 0.662. The van der Waals surface area contributed by atoms with E-state index in [2.05, 4.69) is 10.5 Å². The van der Waals surface area contributed by atoms with Gasteiger partial charge in [0.25, 0.3) is 0 Å². The maximum atomic E-state index is 5.74. The fourth-order valence-electron chi connectivity index (χ4n) is 1.06. The molecule has 0 atom stereocenters. The molecule has 2 aromatic heterocycles. The van der Waals surface area contributed by atoms with E-state index in [0.29, 0.717) is 17.1 Å². The first kappa shape index (κ1) is 9.02. The minimum absolute atomic E-state index is 0.608. The fraction of sp³-hybridized carbons (Fsp3) is 0.100. The van der Waals surface area contributed by atoms with Gasteiger partial charge in [-0.25, -0.2) is 0 Å². The first-order valence-corrected chi connectivity index (χ1v) is 5.13. The summed E-state index contributed by atoms with van der Waals surface area (Å²) < 4.78 is 4.94. The Balaban J connectivity index is 2.23. The maximum Gasteiger partial charge on any atom is 0.157 e. The van der Waals surface area contributed by atoms with E-state index in [-0.39, 0.29) is 0 Å². The Bertz CT molecular complexity index is 443. The summed E-state index contributed by atoms with van der Waals surface area (Å²) in [4.78, 5) is 0. The number of hydrogen-bond donors (Lipinski definition) is 1. The van der Waals surface area contributed by atoms with Crippen molar-refractivity contribution in [2.45, 2.75) is 6.92 Å². The van der Waals surface area contributed by atoms with Crippen LogP contribution in [0.3, 0.4) is 0 Å². The Morgan fingerprint density at radius 1 is 1.50 bits per heavy atom. The van der Waals surface area contributed by atoms with Crippen LogP contribution < -0.4 is 5.73 Å². The van der Waals surface area contributed by atoms with Crippen LogP contribution in [0.4, 0.5) is 5.69 Å². The Hall–Kier alpha value is -1.55. The van der Waals surface area contributed by atoms with Gasteiger partial charge < -0.3 is 10.3 Å². The molecule has 2 rings (SSSR count). The average Bonchev–Trinajstić information content (AvgIpc) is 2.77. The van der Waals surface area contributed by atoms with E-state index >= 15 is 0 Å². The minimum Gasteiger partial charge on any atom is -0.394 e. The monoisotopic (exact) mass is 206 g/mol. The highest BCUT2D eigenvalue weighted by Gasteiger charge is 2.04. The quantitative estimate of drug-likeness (QED) is 0.822. The van der Waals surface area contributed by atoms with Crippen molar-refractivity contribution in [1.82, 2.24) is 5.16 Å². The molecular weight excluding hydrogens is 196 g/mol. The number of anilines is 1. The number of thiophene rings is 1. The number of aryl methyl sites for hydroxylation is 1. The third kappa shape index (κ3) is 1.70. The van der Waals surface area contributed by atoms with Crippen LogP contribution >= 0.6 is 11.3 Å². The lowest BCUT2D eigenvalue weighted by atomic mass is 10.2. The lowest BCUT2D eigenvalue weighted by molar-refractivity contribution is 0.397. The van der Waals surface area contributed by atoms with E-state index in [1.54, 1.807) is 18.3 Å². The van der Waals surface area contributed by atoms with Gasteiger partial charge in [-0.1, -0.05) is 11.2 Å². The molecule has 14 heavy (non-hydrogen) atoms. The Kier molecular flexibility index (Phi) is 2.37. The number of nitrogen functional groups attached to an aromatic ring is 1. The van der Waals surface area contributed by atoms with Crippen molar-refractivity contribution in [2.75, 3.05) is 5.73 Å². The molecule has 2 aromatic rings. The lowest BCUT2D eigenvalue weighted by Crippen LogP contribution is -1.86. The van der Waals surface area contributed by atoms with Crippen LogP contribution in [0, 0.1) is 6.92 Å². The molecule has 0 aliphatic carbocycles. The molecule has 0 unspecified atom stereocenters. The highest BCUT2D eigenvalue weighted by Crippen LogP contribution is 2.18. The summed E-state index contributed by atoms with van der Waals surface area (Å²) in [7, 11) is 0. The van der Waals surface area contributed by atoms with Gasteiger partial charge in [0.1, 0.15) is 11.4 Å². The second-order valence-corrected chi connectivity index (χ2v) is 3.71. The highest BCUT2D eigenvalue weighted by atomic mass is 32.1. The number of nitrogens with zero attached hydrogens (tertiary/aromatic N) is 1. The van der Waals surface area contributed by atoms with Gasteiger partial charge in [-0.05, 0) is 35.4 Å². The van der Waals surface area contributed by atoms with Crippen LogP contribution in [-0.4, -0.2) is 5.16 Å². The van der Waals surface area contributed by atoms with Crippen molar-refractivity contribution >= 4 is 29.2 Å². The molecule has 0 saturated carbocycles. The molecule has 72 valence electrons. The molecule has 2 N–H and O–H groups in total. The van der Waals surface area contributed by atoms with E-state index in [1.165, 1.54) is 0 Å². The third-order valence-electron chi connectivity index (χ3n) is 1.91. The van der Waals surface area contributed by atoms with Crippen LogP contribution in [-0.2, 0) is 0 Å². The fourth-order valence-corrected chi connectivity index (χ4v) is 1.69. The first-order chi connectivity index (χ1) is 6.77. The van der Waals surface area contributed by atoms with E-state index in [9.17, 15) is 0 Å². The maximum absolute atomic E-state index is 5.74. The van der Waals surface area contributed by atoms with Gasteiger partial charge >= 0.3 is 0 Å². The zero-order chi connectivity index (χ0) is 9.97. The molecule has 0 bridgehead atoms. The van der Waals surface area contributed by atoms with Crippen molar-refractivity contribution in [2.24, 2.45) is 0 Å². The zero-order valence-corrected chi connectivity index (χ0v) is 8.54. The van der Waals surface area contributed by atoms with Gasteiger partial charge in [-0.3, -0.25) is 0 Å². The van der Waals surface area contributed by atoms with Gasteiger partial charge in [0, 0.05) is 0 Å². The van der Waals surface area contributed by atoms with Crippen molar-refractivity contribution in [3.05, 3.63) is 33.8 Å². The number of rotatable bonds is 2. The largest absolute Gasteiger partial charge is 0.394 e. The molecule has 0 aliphatic rings. The molecule has 0 spiro atoms. The highest BCUT2D eigenvalue weighted by molar-refractivity contribution is 7.08. The van der Waals surface area contributed by atoms with Gasteiger partial charge in [-0.15, -0.1) is 0 Å². The lowest BCUT2D eigenvalue weighted by Gasteiger charge is -1.86. The summed E-state index contributed by atoms with van der Waals surface area (Å²) >= 11 is 1.66. The second-order valence-electron chi connectivity index (χ2n) is 2.93. The van der Waals surface area contributed by atoms with Gasteiger partial charge in [-0.2, -0.15) is 11.3 Å². The van der Waals surface area contributed by atoms with E-state index in [4.69, 9.17) is 10.3 Å². The third-order valence-corrected chi connectivity index (χ3v) is 2.61.